The number of rotatable bonds is 4. The van der Waals surface area contributed by atoms with Gasteiger partial charge in [0.1, 0.15) is 0 Å². The van der Waals surface area contributed by atoms with Crippen molar-refractivity contribution in [1.29, 1.82) is 0 Å². The summed E-state index contributed by atoms with van der Waals surface area (Å²) in [4.78, 5) is 4.17. The SMILES string of the molecule is COc1ccc(/C=C/[C@H](C)c2ccccc2)cn1. The summed E-state index contributed by atoms with van der Waals surface area (Å²) in [7, 11) is 1.62. The van der Waals surface area contributed by atoms with Crippen molar-refractivity contribution in [2.45, 2.75) is 12.8 Å². The highest BCUT2D eigenvalue weighted by Gasteiger charge is 1.99. The third-order valence-corrected chi connectivity index (χ3v) is 2.87. The topological polar surface area (TPSA) is 22.1 Å². The summed E-state index contributed by atoms with van der Waals surface area (Å²) in [6.07, 6.45) is 6.08. The second kappa shape index (κ2) is 6.01. The maximum Gasteiger partial charge on any atom is 0.212 e. The third kappa shape index (κ3) is 3.20. The van der Waals surface area contributed by atoms with Crippen LogP contribution < -0.4 is 4.74 Å². The highest BCUT2D eigenvalue weighted by Crippen LogP contribution is 2.17. The maximum atomic E-state index is 5.03. The number of allylic oxidation sites excluding steroid dienone is 1. The number of methoxy groups -OCH3 is 1. The van der Waals surface area contributed by atoms with Gasteiger partial charge in [-0.15, -0.1) is 0 Å². The fourth-order valence-corrected chi connectivity index (χ4v) is 1.73. The van der Waals surface area contributed by atoms with E-state index in [-0.39, 0.29) is 0 Å². The lowest BCUT2D eigenvalue weighted by Gasteiger charge is -2.05. The molecule has 92 valence electrons. The molecule has 0 aliphatic heterocycles. The molecule has 0 unspecified atom stereocenters. The molecule has 0 radical (unpaired) electrons. The van der Waals surface area contributed by atoms with E-state index < -0.39 is 0 Å². The molecule has 0 saturated heterocycles. The monoisotopic (exact) mass is 239 g/mol. The average Bonchev–Trinajstić information content (AvgIpc) is 2.46. The number of aromatic nitrogens is 1. The molecule has 0 bridgehead atoms. The van der Waals surface area contributed by atoms with Crippen LogP contribution >= 0.6 is 0 Å². The van der Waals surface area contributed by atoms with Gasteiger partial charge in [-0.1, -0.05) is 49.4 Å². The van der Waals surface area contributed by atoms with E-state index in [1.165, 1.54) is 5.56 Å². The Morgan fingerprint density at radius 2 is 1.89 bits per heavy atom. The molecular weight excluding hydrogens is 222 g/mol. The van der Waals surface area contributed by atoms with Crippen molar-refractivity contribution in [3.8, 4) is 5.88 Å². The minimum absolute atomic E-state index is 0.397. The van der Waals surface area contributed by atoms with E-state index in [4.69, 9.17) is 4.74 Å². The lowest BCUT2D eigenvalue weighted by Crippen LogP contribution is -1.89. The van der Waals surface area contributed by atoms with E-state index in [9.17, 15) is 0 Å². The molecule has 0 spiro atoms. The lowest BCUT2D eigenvalue weighted by atomic mass is 10.0. The second-order valence-corrected chi connectivity index (χ2v) is 4.19. The van der Waals surface area contributed by atoms with Crippen LogP contribution in [0, 0.1) is 0 Å². The molecule has 18 heavy (non-hydrogen) atoms. The van der Waals surface area contributed by atoms with Gasteiger partial charge in [0.25, 0.3) is 0 Å². The van der Waals surface area contributed by atoms with Gasteiger partial charge >= 0.3 is 0 Å². The van der Waals surface area contributed by atoms with Crippen molar-refractivity contribution in [2.75, 3.05) is 7.11 Å². The van der Waals surface area contributed by atoms with Gasteiger partial charge in [0.15, 0.2) is 0 Å². The van der Waals surface area contributed by atoms with Crippen LogP contribution in [0.4, 0.5) is 0 Å². The Hall–Kier alpha value is -2.09. The van der Waals surface area contributed by atoms with Crippen LogP contribution in [0.2, 0.25) is 0 Å². The predicted molar refractivity (Wildman–Crippen MR) is 74.7 cm³/mol. The van der Waals surface area contributed by atoms with Gasteiger partial charge in [0.2, 0.25) is 5.88 Å². The van der Waals surface area contributed by atoms with E-state index in [1.807, 2.05) is 24.4 Å². The first-order chi connectivity index (χ1) is 8.79. The summed E-state index contributed by atoms with van der Waals surface area (Å²) in [5.41, 5.74) is 2.40. The van der Waals surface area contributed by atoms with Crippen LogP contribution in [0.1, 0.15) is 24.0 Å². The quantitative estimate of drug-likeness (QED) is 0.807. The maximum absolute atomic E-state index is 5.03. The van der Waals surface area contributed by atoms with E-state index in [1.54, 1.807) is 7.11 Å². The molecule has 0 fully saturated rings. The highest BCUT2D eigenvalue weighted by atomic mass is 16.5. The van der Waals surface area contributed by atoms with Crippen molar-refractivity contribution in [3.05, 3.63) is 65.9 Å². The first kappa shape index (κ1) is 12.4. The molecule has 1 atom stereocenters. The molecule has 0 aliphatic carbocycles. The Kier molecular flexibility index (Phi) is 4.13. The van der Waals surface area contributed by atoms with Crippen LogP contribution in [0.25, 0.3) is 6.08 Å². The minimum atomic E-state index is 0.397. The normalized spacial score (nSPS) is 12.6. The van der Waals surface area contributed by atoms with Crippen LogP contribution in [-0.4, -0.2) is 12.1 Å². The van der Waals surface area contributed by atoms with Gasteiger partial charge in [-0.05, 0) is 23.1 Å². The van der Waals surface area contributed by atoms with Gasteiger partial charge in [-0.3, -0.25) is 0 Å². The standard InChI is InChI=1S/C16H17NO/c1-13(15-6-4-3-5-7-15)8-9-14-10-11-16(18-2)17-12-14/h3-13H,1-2H3/b9-8+/t13-/m0/s1. The average molecular weight is 239 g/mol. The molecule has 2 heteroatoms. The highest BCUT2D eigenvalue weighted by molar-refractivity contribution is 5.50. The molecule has 1 heterocycles. The number of hydrogen-bond donors (Lipinski definition) is 0. The number of hydrogen-bond acceptors (Lipinski definition) is 2. The van der Waals surface area contributed by atoms with E-state index >= 15 is 0 Å². The number of benzene rings is 1. The molecule has 1 aromatic carbocycles. The van der Waals surface area contributed by atoms with Gasteiger partial charge in [0.05, 0.1) is 7.11 Å². The molecule has 2 aromatic rings. The third-order valence-electron chi connectivity index (χ3n) is 2.87. The summed E-state index contributed by atoms with van der Waals surface area (Å²) in [5.74, 6) is 1.04. The Morgan fingerprint density at radius 3 is 2.50 bits per heavy atom. The number of ether oxygens (including phenoxy) is 1. The second-order valence-electron chi connectivity index (χ2n) is 4.19. The first-order valence-electron chi connectivity index (χ1n) is 6.03. The lowest BCUT2D eigenvalue weighted by molar-refractivity contribution is 0.398. The van der Waals surface area contributed by atoms with Gasteiger partial charge in [-0.2, -0.15) is 0 Å². The summed E-state index contributed by atoms with van der Waals surface area (Å²) in [6.45, 7) is 2.18. The van der Waals surface area contributed by atoms with Gasteiger partial charge in [-0.25, -0.2) is 4.98 Å². The van der Waals surface area contributed by atoms with Crippen molar-refractivity contribution in [3.63, 3.8) is 0 Å². The summed E-state index contributed by atoms with van der Waals surface area (Å²) in [5, 5.41) is 0. The minimum Gasteiger partial charge on any atom is -0.481 e. The van der Waals surface area contributed by atoms with Crippen molar-refractivity contribution < 1.29 is 4.74 Å². The van der Waals surface area contributed by atoms with E-state index in [0.717, 1.165) is 5.56 Å². The number of pyridine rings is 1. The molecule has 1 aromatic heterocycles. The summed E-state index contributed by atoms with van der Waals surface area (Å²) < 4.78 is 5.03. The first-order valence-corrected chi connectivity index (χ1v) is 6.03. The molecule has 0 N–H and O–H groups in total. The van der Waals surface area contributed by atoms with Crippen molar-refractivity contribution >= 4 is 6.08 Å². The Balaban J connectivity index is 2.06. The largest absolute Gasteiger partial charge is 0.481 e. The zero-order valence-electron chi connectivity index (χ0n) is 10.7. The predicted octanol–water partition coefficient (Wildman–Crippen LogP) is 3.91. The van der Waals surface area contributed by atoms with E-state index in [0.29, 0.717) is 11.8 Å². The van der Waals surface area contributed by atoms with Crippen LogP contribution in [0.5, 0.6) is 5.88 Å². The van der Waals surface area contributed by atoms with Gasteiger partial charge < -0.3 is 4.74 Å². The molecule has 0 saturated carbocycles. The van der Waals surface area contributed by atoms with Crippen LogP contribution in [0.3, 0.4) is 0 Å². The van der Waals surface area contributed by atoms with Crippen LogP contribution in [0.15, 0.2) is 54.7 Å². The summed E-state index contributed by atoms with van der Waals surface area (Å²) >= 11 is 0. The molecule has 2 nitrogen and oxygen atoms in total. The fraction of sp³-hybridized carbons (Fsp3) is 0.188. The molecular formula is C16H17NO. The van der Waals surface area contributed by atoms with Gasteiger partial charge in [0, 0.05) is 12.3 Å². The fourth-order valence-electron chi connectivity index (χ4n) is 1.73. The molecule has 2 rings (SSSR count). The molecule has 0 aliphatic rings. The van der Waals surface area contributed by atoms with Crippen molar-refractivity contribution in [1.82, 2.24) is 4.98 Å². The number of nitrogens with zero attached hydrogens (tertiary/aromatic N) is 1. The van der Waals surface area contributed by atoms with Crippen LogP contribution in [-0.2, 0) is 0 Å². The van der Waals surface area contributed by atoms with E-state index in [2.05, 4.69) is 48.3 Å². The Bertz CT molecular complexity index is 502. The summed E-state index contributed by atoms with van der Waals surface area (Å²) in [6, 6.07) is 14.3. The zero-order valence-corrected chi connectivity index (χ0v) is 10.7. The Morgan fingerprint density at radius 1 is 1.11 bits per heavy atom. The van der Waals surface area contributed by atoms with Crippen molar-refractivity contribution in [2.24, 2.45) is 0 Å². The smallest absolute Gasteiger partial charge is 0.212 e. The zero-order chi connectivity index (χ0) is 12.8. The Labute approximate surface area is 108 Å². The molecule has 0 amide bonds.